The van der Waals surface area contributed by atoms with E-state index in [9.17, 15) is 4.79 Å². The Balaban J connectivity index is 2.01. The summed E-state index contributed by atoms with van der Waals surface area (Å²) in [5.74, 6) is 0.588. The van der Waals surface area contributed by atoms with Crippen molar-refractivity contribution in [3.63, 3.8) is 0 Å². The quantitative estimate of drug-likeness (QED) is 0.597. The van der Waals surface area contributed by atoms with Crippen LogP contribution in [0.1, 0.15) is 72.1 Å². The summed E-state index contributed by atoms with van der Waals surface area (Å²) in [7, 11) is 0. The minimum Gasteiger partial charge on any atom is -0.444 e. The summed E-state index contributed by atoms with van der Waals surface area (Å²) < 4.78 is 5.28. The topological polar surface area (TPSA) is 67.6 Å². The van der Waals surface area contributed by atoms with E-state index < -0.39 is 5.60 Å². The van der Waals surface area contributed by atoms with Gasteiger partial charge in [-0.3, -0.25) is 0 Å². The first-order valence-corrected chi connectivity index (χ1v) is 9.80. The van der Waals surface area contributed by atoms with E-state index in [1.165, 1.54) is 57.9 Å². The number of unbranched alkanes of at least 4 members (excludes halogenated alkanes) is 5. The van der Waals surface area contributed by atoms with Gasteiger partial charge >= 0.3 is 6.09 Å². The van der Waals surface area contributed by atoms with Gasteiger partial charge in [-0.25, -0.2) is 4.79 Å². The number of nitrogens with one attached hydrogen (secondary N) is 1. The van der Waals surface area contributed by atoms with Crippen molar-refractivity contribution >= 4 is 6.09 Å². The first-order valence-electron chi connectivity index (χ1n) is 9.80. The normalized spacial score (nSPS) is 17.0. The van der Waals surface area contributed by atoms with Gasteiger partial charge in [0.25, 0.3) is 0 Å². The molecule has 142 valence electrons. The highest BCUT2D eigenvalue weighted by Gasteiger charge is 2.21. The van der Waals surface area contributed by atoms with Crippen LogP contribution in [0.5, 0.6) is 0 Å². The van der Waals surface area contributed by atoms with Crippen LogP contribution in [0.4, 0.5) is 4.79 Å². The maximum absolute atomic E-state index is 11.7. The number of piperidine rings is 1. The van der Waals surface area contributed by atoms with Crippen LogP contribution in [0.15, 0.2) is 0 Å². The second kappa shape index (κ2) is 11.7. The van der Waals surface area contributed by atoms with Gasteiger partial charge in [0.2, 0.25) is 0 Å². The Morgan fingerprint density at radius 2 is 1.67 bits per heavy atom. The predicted octanol–water partition coefficient (Wildman–Crippen LogP) is 3.52. The summed E-state index contributed by atoms with van der Waals surface area (Å²) in [5.41, 5.74) is 5.09. The highest BCUT2D eigenvalue weighted by molar-refractivity contribution is 5.67. The van der Waals surface area contributed by atoms with Gasteiger partial charge in [-0.1, -0.05) is 25.7 Å². The molecule has 1 saturated heterocycles. The summed E-state index contributed by atoms with van der Waals surface area (Å²) in [5, 5.41) is 2.91. The van der Waals surface area contributed by atoms with E-state index in [1.807, 2.05) is 20.8 Å². The zero-order chi connectivity index (χ0) is 17.8. The molecule has 0 saturated carbocycles. The Labute approximate surface area is 148 Å². The monoisotopic (exact) mass is 341 g/mol. The number of rotatable bonds is 10. The lowest BCUT2D eigenvalue weighted by Crippen LogP contribution is -2.40. The SMILES string of the molecule is CC(C)(C)OC(=O)NCC1CCN(CCCCCCCCN)CC1. The highest BCUT2D eigenvalue weighted by atomic mass is 16.6. The molecular weight excluding hydrogens is 302 g/mol. The van der Waals surface area contributed by atoms with Gasteiger partial charge in [0, 0.05) is 6.54 Å². The first kappa shape index (κ1) is 21.2. The molecule has 5 heteroatoms. The van der Waals surface area contributed by atoms with E-state index in [4.69, 9.17) is 10.5 Å². The Morgan fingerprint density at radius 3 is 2.25 bits per heavy atom. The van der Waals surface area contributed by atoms with E-state index in [0.29, 0.717) is 5.92 Å². The fourth-order valence-corrected chi connectivity index (χ4v) is 3.14. The Hall–Kier alpha value is -0.810. The number of alkyl carbamates (subject to hydrolysis) is 1. The largest absolute Gasteiger partial charge is 0.444 e. The van der Waals surface area contributed by atoms with E-state index in [0.717, 1.165) is 26.2 Å². The third-order valence-electron chi connectivity index (χ3n) is 4.57. The maximum atomic E-state index is 11.7. The van der Waals surface area contributed by atoms with Gasteiger partial charge in [0.05, 0.1) is 0 Å². The van der Waals surface area contributed by atoms with Crippen LogP contribution in [0.2, 0.25) is 0 Å². The molecule has 0 radical (unpaired) electrons. The molecule has 24 heavy (non-hydrogen) atoms. The Kier molecular flexibility index (Phi) is 10.3. The van der Waals surface area contributed by atoms with Crippen molar-refractivity contribution in [1.29, 1.82) is 0 Å². The zero-order valence-corrected chi connectivity index (χ0v) is 16.1. The molecule has 0 atom stereocenters. The summed E-state index contributed by atoms with van der Waals surface area (Å²) in [4.78, 5) is 14.3. The van der Waals surface area contributed by atoms with Crippen LogP contribution in [0.3, 0.4) is 0 Å². The summed E-state index contributed by atoms with van der Waals surface area (Å²) in [6, 6.07) is 0. The number of nitrogens with two attached hydrogens (primary N) is 1. The zero-order valence-electron chi connectivity index (χ0n) is 16.1. The lowest BCUT2D eigenvalue weighted by molar-refractivity contribution is 0.0510. The molecule has 0 aliphatic carbocycles. The minimum absolute atomic E-state index is 0.292. The second-order valence-electron chi connectivity index (χ2n) is 8.08. The lowest BCUT2D eigenvalue weighted by Gasteiger charge is -2.32. The molecule has 0 spiro atoms. The smallest absolute Gasteiger partial charge is 0.407 e. The van der Waals surface area contributed by atoms with Gasteiger partial charge in [0.1, 0.15) is 5.60 Å². The molecule has 0 aromatic rings. The molecule has 5 nitrogen and oxygen atoms in total. The lowest BCUT2D eigenvalue weighted by atomic mass is 9.96. The third-order valence-corrected chi connectivity index (χ3v) is 4.57. The van der Waals surface area contributed by atoms with Crippen LogP contribution in [0, 0.1) is 5.92 Å². The molecule has 0 unspecified atom stereocenters. The van der Waals surface area contributed by atoms with Crippen molar-refractivity contribution in [2.75, 3.05) is 32.7 Å². The van der Waals surface area contributed by atoms with Gasteiger partial charge in [0.15, 0.2) is 0 Å². The van der Waals surface area contributed by atoms with E-state index in [-0.39, 0.29) is 6.09 Å². The molecule has 0 aromatic heterocycles. The van der Waals surface area contributed by atoms with Crippen molar-refractivity contribution in [1.82, 2.24) is 10.2 Å². The number of ether oxygens (including phenoxy) is 1. The van der Waals surface area contributed by atoms with Crippen LogP contribution in [-0.4, -0.2) is 49.3 Å². The van der Waals surface area contributed by atoms with E-state index in [2.05, 4.69) is 10.2 Å². The minimum atomic E-state index is -0.419. The first-order chi connectivity index (χ1) is 11.4. The Bertz CT molecular complexity index is 334. The number of hydrogen-bond acceptors (Lipinski definition) is 4. The molecule has 1 aliphatic heterocycles. The average Bonchev–Trinajstić information content (AvgIpc) is 2.51. The molecule has 1 rings (SSSR count). The number of amides is 1. The predicted molar refractivity (Wildman–Crippen MR) is 100 cm³/mol. The molecule has 0 bridgehead atoms. The Morgan fingerprint density at radius 1 is 1.08 bits per heavy atom. The molecular formula is C19H39N3O2. The molecule has 3 N–H and O–H groups in total. The standard InChI is InChI=1S/C19H39N3O2/c1-19(2,3)24-18(23)21-16-17-10-14-22(15-11-17)13-9-7-5-4-6-8-12-20/h17H,4-16,20H2,1-3H3,(H,21,23). The van der Waals surface area contributed by atoms with Crippen molar-refractivity contribution < 1.29 is 9.53 Å². The molecule has 1 amide bonds. The van der Waals surface area contributed by atoms with Gasteiger partial charge < -0.3 is 20.7 Å². The van der Waals surface area contributed by atoms with Crippen LogP contribution >= 0.6 is 0 Å². The van der Waals surface area contributed by atoms with Crippen LogP contribution < -0.4 is 11.1 Å². The summed E-state index contributed by atoms with van der Waals surface area (Å²) >= 11 is 0. The van der Waals surface area contributed by atoms with Gasteiger partial charge in [-0.2, -0.15) is 0 Å². The maximum Gasteiger partial charge on any atom is 0.407 e. The average molecular weight is 342 g/mol. The van der Waals surface area contributed by atoms with Crippen LogP contribution in [0.25, 0.3) is 0 Å². The number of likely N-dealkylation sites (tertiary alicyclic amines) is 1. The fraction of sp³-hybridized carbons (Fsp3) is 0.947. The van der Waals surface area contributed by atoms with Gasteiger partial charge in [-0.05, 0) is 78.6 Å². The molecule has 1 aliphatic rings. The molecule has 1 fully saturated rings. The summed E-state index contributed by atoms with van der Waals surface area (Å²) in [6.07, 6.45) is 9.83. The van der Waals surface area contributed by atoms with Crippen molar-refractivity contribution in [3.05, 3.63) is 0 Å². The van der Waals surface area contributed by atoms with E-state index >= 15 is 0 Å². The molecule has 1 heterocycles. The number of carbonyl (C=O) groups excluding carboxylic acids is 1. The fourth-order valence-electron chi connectivity index (χ4n) is 3.14. The molecule has 0 aromatic carbocycles. The number of nitrogens with zero attached hydrogens (tertiary/aromatic N) is 1. The van der Waals surface area contributed by atoms with Crippen molar-refractivity contribution in [3.8, 4) is 0 Å². The van der Waals surface area contributed by atoms with Crippen molar-refractivity contribution in [2.24, 2.45) is 11.7 Å². The van der Waals surface area contributed by atoms with Crippen LogP contribution in [-0.2, 0) is 4.74 Å². The third kappa shape index (κ3) is 10.9. The van der Waals surface area contributed by atoms with Crippen molar-refractivity contribution in [2.45, 2.75) is 77.7 Å². The van der Waals surface area contributed by atoms with Gasteiger partial charge in [-0.15, -0.1) is 0 Å². The number of hydrogen-bond donors (Lipinski definition) is 2. The van der Waals surface area contributed by atoms with E-state index in [1.54, 1.807) is 0 Å². The summed E-state index contributed by atoms with van der Waals surface area (Å²) in [6.45, 7) is 10.8. The number of carbonyl (C=O) groups is 1. The highest BCUT2D eigenvalue weighted by Crippen LogP contribution is 2.17. The second-order valence-corrected chi connectivity index (χ2v) is 8.08.